The lowest BCUT2D eigenvalue weighted by Crippen LogP contribution is -2.14. The van der Waals surface area contributed by atoms with Gasteiger partial charge in [-0.15, -0.1) is 0 Å². The number of carbonyl (C=O) groups is 1. The second-order valence-corrected chi connectivity index (χ2v) is 4.92. The number of phenols is 1. The van der Waals surface area contributed by atoms with Crippen LogP contribution in [0.2, 0.25) is 0 Å². The quantitative estimate of drug-likeness (QED) is 0.671. The van der Waals surface area contributed by atoms with Gasteiger partial charge in [0.1, 0.15) is 23.1 Å². The van der Waals surface area contributed by atoms with Gasteiger partial charge >= 0.3 is 0 Å². The minimum absolute atomic E-state index is 0.0424. The standard InChI is InChI=1S/C18H16N2O3/c1-12-3-8-17(23-2)16(9-12)20-18(22)14(11-19)10-13-4-6-15(21)7-5-13/h3-10,21H,1-2H3,(H,20,22)/b14-10+. The number of ether oxygens (including phenoxy) is 1. The maximum atomic E-state index is 12.3. The Bertz CT molecular complexity index is 787. The molecule has 2 N–H and O–H groups in total. The first-order chi connectivity index (χ1) is 11.0. The Balaban J connectivity index is 2.26. The SMILES string of the molecule is COc1ccc(C)cc1NC(=O)/C(C#N)=C/c1ccc(O)cc1. The van der Waals surface area contributed by atoms with Crippen LogP contribution in [0.5, 0.6) is 11.5 Å². The molecule has 2 rings (SSSR count). The van der Waals surface area contributed by atoms with Gasteiger partial charge in [0.05, 0.1) is 12.8 Å². The molecule has 0 unspecified atom stereocenters. The lowest BCUT2D eigenvalue weighted by Gasteiger charge is -2.10. The van der Waals surface area contributed by atoms with Gasteiger partial charge in [0, 0.05) is 0 Å². The summed E-state index contributed by atoms with van der Waals surface area (Å²) in [5.41, 5.74) is 2.07. The van der Waals surface area contributed by atoms with Crippen LogP contribution in [0.4, 0.5) is 5.69 Å². The summed E-state index contributed by atoms with van der Waals surface area (Å²) in [5, 5.41) is 21.1. The third kappa shape index (κ3) is 4.11. The van der Waals surface area contributed by atoms with Crippen LogP contribution >= 0.6 is 0 Å². The van der Waals surface area contributed by atoms with E-state index in [1.807, 2.05) is 19.1 Å². The fourth-order valence-electron chi connectivity index (χ4n) is 1.99. The summed E-state index contributed by atoms with van der Waals surface area (Å²) in [6, 6.07) is 13.5. The average Bonchev–Trinajstić information content (AvgIpc) is 2.54. The Kier molecular flexibility index (Phi) is 5.00. The highest BCUT2D eigenvalue weighted by molar-refractivity contribution is 6.10. The summed E-state index contributed by atoms with van der Waals surface area (Å²) in [4.78, 5) is 12.3. The minimum Gasteiger partial charge on any atom is -0.508 e. The largest absolute Gasteiger partial charge is 0.508 e. The van der Waals surface area contributed by atoms with Gasteiger partial charge in [-0.1, -0.05) is 18.2 Å². The number of aromatic hydroxyl groups is 1. The third-order valence-electron chi connectivity index (χ3n) is 3.17. The number of methoxy groups -OCH3 is 1. The van der Waals surface area contributed by atoms with Gasteiger partial charge in [-0.25, -0.2) is 0 Å². The Hall–Kier alpha value is -3.26. The van der Waals surface area contributed by atoms with Gasteiger partial charge in [-0.3, -0.25) is 4.79 Å². The first-order valence-corrected chi connectivity index (χ1v) is 6.90. The number of nitrogens with zero attached hydrogens (tertiary/aromatic N) is 1. The molecule has 0 saturated heterocycles. The third-order valence-corrected chi connectivity index (χ3v) is 3.17. The minimum atomic E-state index is -0.524. The number of hydrogen-bond acceptors (Lipinski definition) is 4. The lowest BCUT2D eigenvalue weighted by molar-refractivity contribution is -0.112. The van der Waals surface area contributed by atoms with Gasteiger partial charge in [0.2, 0.25) is 0 Å². The molecule has 0 radical (unpaired) electrons. The average molecular weight is 308 g/mol. The zero-order chi connectivity index (χ0) is 16.8. The lowest BCUT2D eigenvalue weighted by atomic mass is 10.1. The Morgan fingerprint density at radius 3 is 2.57 bits per heavy atom. The molecule has 5 heteroatoms. The topological polar surface area (TPSA) is 82.3 Å². The van der Waals surface area contributed by atoms with Crippen molar-refractivity contribution in [2.75, 3.05) is 12.4 Å². The van der Waals surface area contributed by atoms with Crippen LogP contribution in [0.15, 0.2) is 48.0 Å². The summed E-state index contributed by atoms with van der Waals surface area (Å²) >= 11 is 0. The summed E-state index contributed by atoms with van der Waals surface area (Å²) in [5.74, 6) is 0.116. The number of nitriles is 1. The molecule has 116 valence electrons. The maximum Gasteiger partial charge on any atom is 0.266 e. The number of anilines is 1. The Morgan fingerprint density at radius 1 is 1.26 bits per heavy atom. The van der Waals surface area contributed by atoms with Gasteiger partial charge in [0.15, 0.2) is 0 Å². The molecule has 2 aromatic rings. The highest BCUT2D eigenvalue weighted by Gasteiger charge is 2.12. The van der Waals surface area contributed by atoms with E-state index in [2.05, 4.69) is 5.32 Å². The number of benzene rings is 2. The van der Waals surface area contributed by atoms with Crippen LogP contribution in [-0.2, 0) is 4.79 Å². The number of carbonyl (C=O) groups excluding carboxylic acids is 1. The molecule has 23 heavy (non-hydrogen) atoms. The zero-order valence-corrected chi connectivity index (χ0v) is 12.8. The molecule has 0 bridgehead atoms. The molecule has 0 aromatic heterocycles. The van der Waals surface area contributed by atoms with Crippen molar-refractivity contribution in [3.8, 4) is 17.6 Å². The van der Waals surface area contributed by atoms with E-state index < -0.39 is 5.91 Å². The predicted molar refractivity (Wildman–Crippen MR) is 88.1 cm³/mol. The molecule has 0 fully saturated rings. The molecule has 2 aromatic carbocycles. The van der Waals surface area contributed by atoms with Gasteiger partial charge in [-0.05, 0) is 48.4 Å². The Morgan fingerprint density at radius 2 is 1.96 bits per heavy atom. The van der Waals surface area contributed by atoms with Crippen LogP contribution in [0.1, 0.15) is 11.1 Å². The maximum absolute atomic E-state index is 12.3. The number of rotatable bonds is 4. The van der Waals surface area contributed by atoms with Crippen LogP contribution < -0.4 is 10.1 Å². The van der Waals surface area contributed by atoms with Crippen molar-refractivity contribution in [3.05, 3.63) is 59.2 Å². The number of phenolic OH excluding ortho intramolecular Hbond substituents is 1. The van der Waals surface area contributed by atoms with E-state index >= 15 is 0 Å². The number of aryl methyl sites for hydroxylation is 1. The van der Waals surface area contributed by atoms with Crippen molar-refractivity contribution in [1.82, 2.24) is 0 Å². The number of amides is 1. The first kappa shape index (κ1) is 16.1. The van der Waals surface area contributed by atoms with Crippen molar-refractivity contribution < 1.29 is 14.6 Å². The van der Waals surface area contributed by atoms with Gasteiger partial charge in [0.25, 0.3) is 5.91 Å². The molecule has 0 heterocycles. The number of hydrogen-bond donors (Lipinski definition) is 2. The molecule has 0 atom stereocenters. The molecule has 0 aliphatic rings. The van der Waals surface area contributed by atoms with E-state index in [0.717, 1.165) is 5.56 Å². The normalized spacial score (nSPS) is 10.7. The number of nitrogens with one attached hydrogen (secondary N) is 1. The molecule has 0 saturated carbocycles. The van der Waals surface area contributed by atoms with E-state index in [-0.39, 0.29) is 11.3 Å². The summed E-state index contributed by atoms with van der Waals surface area (Å²) in [6.07, 6.45) is 1.46. The zero-order valence-electron chi connectivity index (χ0n) is 12.8. The molecule has 1 amide bonds. The van der Waals surface area contributed by atoms with Gasteiger partial charge < -0.3 is 15.2 Å². The van der Waals surface area contributed by atoms with Crippen LogP contribution in [-0.4, -0.2) is 18.1 Å². The van der Waals surface area contributed by atoms with Crippen LogP contribution in [0.3, 0.4) is 0 Å². The van der Waals surface area contributed by atoms with Crippen LogP contribution in [0.25, 0.3) is 6.08 Å². The summed E-state index contributed by atoms with van der Waals surface area (Å²) < 4.78 is 5.20. The van der Waals surface area contributed by atoms with E-state index in [0.29, 0.717) is 17.0 Å². The molecular weight excluding hydrogens is 292 g/mol. The smallest absolute Gasteiger partial charge is 0.266 e. The highest BCUT2D eigenvalue weighted by atomic mass is 16.5. The second kappa shape index (κ2) is 7.14. The van der Waals surface area contributed by atoms with E-state index in [4.69, 9.17) is 4.74 Å². The molecule has 0 aliphatic heterocycles. The van der Waals surface area contributed by atoms with Crippen molar-refractivity contribution in [3.63, 3.8) is 0 Å². The Labute approximate surface area is 134 Å². The van der Waals surface area contributed by atoms with Gasteiger partial charge in [-0.2, -0.15) is 5.26 Å². The molecule has 0 spiro atoms. The summed E-state index contributed by atoms with van der Waals surface area (Å²) in [6.45, 7) is 1.90. The van der Waals surface area contributed by atoms with Crippen molar-refractivity contribution in [2.24, 2.45) is 0 Å². The molecule has 5 nitrogen and oxygen atoms in total. The summed E-state index contributed by atoms with van der Waals surface area (Å²) in [7, 11) is 1.51. The molecular formula is C18H16N2O3. The predicted octanol–water partition coefficient (Wildman–Crippen LogP) is 3.25. The molecule has 0 aliphatic carbocycles. The second-order valence-electron chi connectivity index (χ2n) is 4.92. The fraction of sp³-hybridized carbons (Fsp3) is 0.111. The van der Waals surface area contributed by atoms with E-state index in [9.17, 15) is 15.2 Å². The van der Waals surface area contributed by atoms with Crippen molar-refractivity contribution in [2.45, 2.75) is 6.92 Å². The van der Waals surface area contributed by atoms with Crippen molar-refractivity contribution in [1.29, 1.82) is 5.26 Å². The monoisotopic (exact) mass is 308 g/mol. The van der Waals surface area contributed by atoms with Crippen LogP contribution in [0, 0.1) is 18.3 Å². The first-order valence-electron chi connectivity index (χ1n) is 6.90. The van der Waals surface area contributed by atoms with E-state index in [1.165, 1.54) is 25.3 Å². The highest BCUT2D eigenvalue weighted by Crippen LogP contribution is 2.25. The van der Waals surface area contributed by atoms with Crippen molar-refractivity contribution >= 4 is 17.7 Å². The van der Waals surface area contributed by atoms with E-state index in [1.54, 1.807) is 24.3 Å². The fourth-order valence-corrected chi connectivity index (χ4v) is 1.99.